The lowest BCUT2D eigenvalue weighted by Crippen LogP contribution is -1.80. The Balaban J connectivity index is 1.44. The Labute approximate surface area is 197 Å². The molecule has 0 radical (unpaired) electrons. The molecular weight excluding hydrogens is 433 g/mol. The Hall–Kier alpha value is -1.42. The molecule has 162 valence electrons. The fourth-order valence-corrected chi connectivity index (χ4v) is 8.21. The van der Waals surface area contributed by atoms with Gasteiger partial charge in [0.2, 0.25) is 0 Å². The number of aryl methyl sites for hydroxylation is 2. The number of rotatable bonds is 10. The topological polar surface area (TPSA) is 0 Å². The quantitative estimate of drug-likeness (QED) is 0.180. The fourth-order valence-electron chi connectivity index (χ4n) is 4.65. The Kier molecular flexibility index (Phi) is 6.64. The van der Waals surface area contributed by atoms with Gasteiger partial charge in [0.1, 0.15) is 0 Å². The van der Waals surface area contributed by atoms with Crippen LogP contribution in [0.2, 0.25) is 0 Å². The van der Waals surface area contributed by atoms with Gasteiger partial charge in [-0.05, 0) is 72.9 Å². The average Bonchev–Trinajstić information content (AvgIpc) is 3.44. The first kappa shape index (κ1) is 21.4. The third-order valence-corrected chi connectivity index (χ3v) is 9.83. The minimum Gasteiger partial charge on any atom is -0.140 e. The minimum atomic E-state index is 1.24. The molecular formula is C28H32S3. The molecule has 0 saturated carbocycles. The highest BCUT2D eigenvalue weighted by Gasteiger charge is 2.12. The van der Waals surface area contributed by atoms with E-state index in [-0.39, 0.29) is 0 Å². The minimum absolute atomic E-state index is 1.24. The Bertz CT molecular complexity index is 1210. The lowest BCUT2D eigenvalue weighted by molar-refractivity contribution is 0.670. The summed E-state index contributed by atoms with van der Waals surface area (Å²) in [5.74, 6) is 0. The van der Waals surface area contributed by atoms with Gasteiger partial charge >= 0.3 is 0 Å². The zero-order chi connectivity index (χ0) is 21.2. The second-order valence-electron chi connectivity index (χ2n) is 8.92. The molecule has 0 saturated heterocycles. The number of hydrogen-bond acceptors (Lipinski definition) is 3. The van der Waals surface area contributed by atoms with Crippen molar-refractivity contribution in [1.82, 2.24) is 0 Å². The van der Waals surface area contributed by atoms with Crippen LogP contribution < -0.4 is 0 Å². The monoisotopic (exact) mass is 464 g/mol. The van der Waals surface area contributed by atoms with Crippen molar-refractivity contribution in [2.24, 2.45) is 0 Å². The molecule has 0 spiro atoms. The number of fused-ring (bicyclic) bond motifs is 5. The molecule has 0 amide bonds. The van der Waals surface area contributed by atoms with Crippen LogP contribution >= 0.6 is 34.0 Å². The predicted octanol–water partition coefficient (Wildman–Crippen LogP) is 10.7. The van der Waals surface area contributed by atoms with E-state index in [2.05, 4.69) is 50.2 Å². The van der Waals surface area contributed by atoms with E-state index in [1.54, 1.807) is 9.75 Å². The lowest BCUT2D eigenvalue weighted by atomic mass is 10.1. The summed E-state index contributed by atoms with van der Waals surface area (Å²) in [6, 6.07) is 14.7. The molecule has 0 bridgehead atoms. The average molecular weight is 465 g/mol. The molecule has 0 aliphatic carbocycles. The van der Waals surface area contributed by atoms with E-state index >= 15 is 0 Å². The molecule has 0 aliphatic rings. The van der Waals surface area contributed by atoms with Crippen molar-refractivity contribution in [1.29, 1.82) is 0 Å². The summed E-state index contributed by atoms with van der Waals surface area (Å²) >= 11 is 5.98. The van der Waals surface area contributed by atoms with Gasteiger partial charge in [-0.25, -0.2) is 0 Å². The first-order chi connectivity index (χ1) is 15.2. The molecule has 0 aliphatic heterocycles. The summed E-state index contributed by atoms with van der Waals surface area (Å²) in [5, 5.41) is 5.76. The zero-order valence-corrected chi connectivity index (χ0v) is 21.2. The number of thiophene rings is 3. The van der Waals surface area contributed by atoms with Crippen LogP contribution in [0, 0.1) is 0 Å². The number of unbranched alkanes of at least 4 members (excludes halogenated alkanes) is 6. The fraction of sp³-hybridized carbons (Fsp3) is 0.429. The maximum atomic E-state index is 2.46. The molecule has 3 heteroatoms. The number of hydrogen-bond donors (Lipinski definition) is 0. The van der Waals surface area contributed by atoms with Crippen LogP contribution in [0.15, 0.2) is 36.4 Å². The molecule has 0 fully saturated rings. The van der Waals surface area contributed by atoms with Gasteiger partial charge in [0, 0.05) is 39.3 Å². The van der Waals surface area contributed by atoms with Gasteiger partial charge in [-0.15, -0.1) is 34.0 Å². The van der Waals surface area contributed by atoms with Crippen molar-refractivity contribution in [2.45, 2.75) is 78.1 Å². The van der Waals surface area contributed by atoms with E-state index in [0.29, 0.717) is 0 Å². The third kappa shape index (κ3) is 4.55. The summed E-state index contributed by atoms with van der Waals surface area (Å²) in [6.07, 6.45) is 13.2. The Morgan fingerprint density at radius 3 is 1.42 bits per heavy atom. The summed E-state index contributed by atoms with van der Waals surface area (Å²) in [5.41, 5.74) is 0. The lowest BCUT2D eigenvalue weighted by Gasteiger charge is -1.96. The van der Waals surface area contributed by atoms with E-state index in [1.807, 2.05) is 34.0 Å². The molecule has 0 N–H and O–H groups in total. The van der Waals surface area contributed by atoms with Crippen LogP contribution in [0.3, 0.4) is 0 Å². The highest BCUT2D eigenvalue weighted by Crippen LogP contribution is 2.42. The molecule has 3 aromatic heterocycles. The maximum absolute atomic E-state index is 2.46. The normalized spacial score (nSPS) is 12.2. The highest BCUT2D eigenvalue weighted by molar-refractivity contribution is 7.27. The molecule has 3 heterocycles. The van der Waals surface area contributed by atoms with Crippen molar-refractivity contribution in [3.63, 3.8) is 0 Å². The van der Waals surface area contributed by atoms with Crippen LogP contribution in [-0.2, 0) is 12.8 Å². The van der Waals surface area contributed by atoms with Gasteiger partial charge in [-0.1, -0.05) is 52.4 Å². The summed E-state index contributed by atoms with van der Waals surface area (Å²) in [6.45, 7) is 4.57. The Morgan fingerprint density at radius 2 is 0.968 bits per heavy atom. The first-order valence-electron chi connectivity index (χ1n) is 12.1. The van der Waals surface area contributed by atoms with E-state index < -0.39 is 0 Å². The van der Waals surface area contributed by atoms with Crippen LogP contribution in [0.5, 0.6) is 0 Å². The molecule has 31 heavy (non-hydrogen) atoms. The van der Waals surface area contributed by atoms with Gasteiger partial charge in [-0.3, -0.25) is 0 Å². The van der Waals surface area contributed by atoms with Crippen molar-refractivity contribution >= 4 is 74.4 Å². The predicted molar refractivity (Wildman–Crippen MR) is 146 cm³/mol. The second-order valence-corrected chi connectivity index (χ2v) is 12.3. The van der Waals surface area contributed by atoms with E-state index in [9.17, 15) is 0 Å². The van der Waals surface area contributed by atoms with Crippen molar-refractivity contribution < 1.29 is 0 Å². The molecule has 5 rings (SSSR count). The van der Waals surface area contributed by atoms with Crippen molar-refractivity contribution in [2.75, 3.05) is 0 Å². The van der Waals surface area contributed by atoms with Crippen molar-refractivity contribution in [3.05, 3.63) is 46.2 Å². The van der Waals surface area contributed by atoms with Crippen LogP contribution in [0.4, 0.5) is 0 Å². The summed E-state index contributed by atoms with van der Waals surface area (Å²) in [4.78, 5) is 3.11. The highest BCUT2D eigenvalue weighted by atomic mass is 32.1. The molecule has 5 aromatic rings. The molecule has 0 nitrogen and oxygen atoms in total. The van der Waals surface area contributed by atoms with Crippen molar-refractivity contribution in [3.8, 4) is 0 Å². The molecule has 0 unspecified atom stereocenters. The van der Waals surface area contributed by atoms with Gasteiger partial charge in [0.15, 0.2) is 0 Å². The maximum Gasteiger partial charge on any atom is 0.0369 e. The third-order valence-electron chi connectivity index (χ3n) is 6.40. The standard InChI is InChI=1S/C28H32S3/c1-3-5-7-9-11-21-13-19-15-23-24-16-20-14-22(12-10-8-6-4-2)30-26(20)18-28(24)31-27(23)17-25(19)29-21/h13-18H,3-12H2,1-2H3. The zero-order valence-electron chi connectivity index (χ0n) is 18.8. The largest absolute Gasteiger partial charge is 0.140 e. The smallest absolute Gasteiger partial charge is 0.0369 e. The van der Waals surface area contributed by atoms with Gasteiger partial charge in [0.05, 0.1) is 0 Å². The summed E-state index contributed by atoms with van der Waals surface area (Å²) < 4.78 is 5.81. The van der Waals surface area contributed by atoms with E-state index in [0.717, 1.165) is 0 Å². The summed E-state index contributed by atoms with van der Waals surface area (Å²) in [7, 11) is 0. The van der Waals surface area contributed by atoms with Gasteiger partial charge in [0.25, 0.3) is 0 Å². The SMILES string of the molecule is CCCCCCc1cc2cc3c(cc2s1)sc1cc2sc(CCCCCC)cc2cc13. The second kappa shape index (κ2) is 9.60. The van der Waals surface area contributed by atoms with Crippen LogP contribution in [-0.4, -0.2) is 0 Å². The van der Waals surface area contributed by atoms with Gasteiger partial charge in [-0.2, -0.15) is 0 Å². The first-order valence-corrected chi connectivity index (χ1v) is 14.5. The van der Waals surface area contributed by atoms with Crippen LogP contribution in [0.1, 0.15) is 75.0 Å². The number of benzene rings is 2. The van der Waals surface area contributed by atoms with E-state index in [4.69, 9.17) is 0 Å². The van der Waals surface area contributed by atoms with Crippen LogP contribution in [0.25, 0.3) is 40.3 Å². The van der Waals surface area contributed by atoms with Gasteiger partial charge < -0.3 is 0 Å². The Morgan fingerprint density at radius 1 is 0.484 bits per heavy atom. The van der Waals surface area contributed by atoms with E-state index in [1.165, 1.54) is 105 Å². The molecule has 2 aromatic carbocycles. The molecule has 0 atom stereocenters.